The van der Waals surface area contributed by atoms with Gasteiger partial charge in [-0.2, -0.15) is 10.2 Å². The predicted octanol–water partition coefficient (Wildman–Crippen LogP) is 1.76. The van der Waals surface area contributed by atoms with Gasteiger partial charge in [-0.05, 0) is 25.1 Å². The van der Waals surface area contributed by atoms with E-state index in [1.807, 2.05) is 58.8 Å². The molecule has 2 N–H and O–H groups in total. The standard InChI is InChI=1S/C16H15N7O/c1-11(14-19-16(24)21-20-14)22-10-9-17-15(22)13-7-8-18-23(13)12-5-3-2-4-6-12/h2-11H,1H3,(H2,19,20,21,24)/t11-/m1/s1. The Morgan fingerprint density at radius 3 is 2.71 bits per heavy atom. The van der Waals surface area contributed by atoms with Gasteiger partial charge in [0.25, 0.3) is 0 Å². The van der Waals surface area contributed by atoms with Gasteiger partial charge in [0.2, 0.25) is 0 Å². The zero-order chi connectivity index (χ0) is 16.5. The second-order valence-corrected chi connectivity index (χ2v) is 5.36. The first-order chi connectivity index (χ1) is 11.7. The average Bonchev–Trinajstić information content (AvgIpc) is 3.34. The summed E-state index contributed by atoms with van der Waals surface area (Å²) in [6, 6.07) is 11.6. The van der Waals surface area contributed by atoms with Crippen molar-refractivity contribution in [3.8, 4) is 17.2 Å². The molecule has 0 saturated carbocycles. The van der Waals surface area contributed by atoms with Gasteiger partial charge in [0.05, 0.1) is 17.9 Å². The fourth-order valence-electron chi connectivity index (χ4n) is 2.68. The van der Waals surface area contributed by atoms with E-state index in [9.17, 15) is 4.79 Å². The van der Waals surface area contributed by atoms with Crippen LogP contribution in [0.5, 0.6) is 0 Å². The van der Waals surface area contributed by atoms with Crippen LogP contribution in [0.4, 0.5) is 0 Å². The molecule has 24 heavy (non-hydrogen) atoms. The van der Waals surface area contributed by atoms with E-state index in [2.05, 4.69) is 25.3 Å². The summed E-state index contributed by atoms with van der Waals surface area (Å²) >= 11 is 0. The maximum Gasteiger partial charge on any atom is 0.340 e. The quantitative estimate of drug-likeness (QED) is 0.598. The molecule has 8 nitrogen and oxygen atoms in total. The first-order valence-electron chi connectivity index (χ1n) is 7.51. The number of nitrogens with one attached hydrogen (secondary N) is 2. The lowest BCUT2D eigenvalue weighted by Gasteiger charge is -2.14. The van der Waals surface area contributed by atoms with E-state index in [-0.39, 0.29) is 11.7 Å². The van der Waals surface area contributed by atoms with Gasteiger partial charge in [-0.25, -0.2) is 19.6 Å². The van der Waals surface area contributed by atoms with E-state index < -0.39 is 0 Å². The highest BCUT2D eigenvalue weighted by molar-refractivity contribution is 5.54. The number of H-pyrrole nitrogens is 2. The Balaban J connectivity index is 1.79. The Morgan fingerprint density at radius 2 is 1.96 bits per heavy atom. The molecule has 4 aromatic rings. The number of rotatable bonds is 4. The molecule has 0 unspecified atom stereocenters. The molecule has 8 heteroatoms. The number of aromatic nitrogens is 7. The highest BCUT2D eigenvalue weighted by Crippen LogP contribution is 2.25. The molecule has 0 bridgehead atoms. The minimum atomic E-state index is -0.326. The van der Waals surface area contributed by atoms with E-state index in [0.29, 0.717) is 5.82 Å². The monoisotopic (exact) mass is 321 g/mol. The summed E-state index contributed by atoms with van der Waals surface area (Å²) in [5, 5.41) is 10.8. The van der Waals surface area contributed by atoms with Crippen LogP contribution in [0.15, 0.2) is 59.8 Å². The van der Waals surface area contributed by atoms with Gasteiger partial charge in [-0.3, -0.25) is 4.98 Å². The van der Waals surface area contributed by atoms with Crippen LogP contribution in [-0.4, -0.2) is 34.5 Å². The highest BCUT2D eigenvalue weighted by Gasteiger charge is 2.19. The Kier molecular flexibility index (Phi) is 3.34. The van der Waals surface area contributed by atoms with Crippen LogP contribution in [0.25, 0.3) is 17.2 Å². The summed E-state index contributed by atoms with van der Waals surface area (Å²) in [4.78, 5) is 18.5. The smallest absolute Gasteiger partial charge is 0.319 e. The molecule has 0 amide bonds. The summed E-state index contributed by atoms with van der Waals surface area (Å²) in [5.74, 6) is 1.29. The van der Waals surface area contributed by atoms with Gasteiger partial charge in [-0.1, -0.05) is 18.2 Å². The van der Waals surface area contributed by atoms with Gasteiger partial charge in [0.15, 0.2) is 11.6 Å². The SMILES string of the molecule is C[C@H](c1n[nH]c(=O)[nH]1)n1ccnc1-c1ccnn1-c1ccccc1. The number of nitrogens with zero attached hydrogens (tertiary/aromatic N) is 5. The molecule has 0 aliphatic heterocycles. The first-order valence-corrected chi connectivity index (χ1v) is 7.51. The van der Waals surface area contributed by atoms with Crippen LogP contribution < -0.4 is 5.69 Å². The van der Waals surface area contributed by atoms with E-state index >= 15 is 0 Å². The molecule has 0 fully saturated rings. The summed E-state index contributed by atoms with van der Waals surface area (Å²) in [6.45, 7) is 1.94. The fraction of sp³-hybridized carbons (Fsp3) is 0.125. The maximum atomic E-state index is 11.3. The third-order valence-electron chi connectivity index (χ3n) is 3.87. The second kappa shape index (κ2) is 5.65. The number of aromatic amines is 2. The number of imidazole rings is 1. The van der Waals surface area contributed by atoms with Gasteiger partial charge < -0.3 is 4.57 Å². The van der Waals surface area contributed by atoms with Crippen molar-refractivity contribution in [3.05, 3.63) is 71.3 Å². The van der Waals surface area contributed by atoms with E-state index in [4.69, 9.17) is 0 Å². The molecule has 3 aromatic heterocycles. The van der Waals surface area contributed by atoms with Crippen molar-refractivity contribution in [3.63, 3.8) is 0 Å². The molecule has 0 radical (unpaired) electrons. The Hall–Kier alpha value is -3.42. The van der Waals surface area contributed by atoms with Gasteiger partial charge in [-0.15, -0.1) is 0 Å². The van der Waals surface area contributed by atoms with Crippen LogP contribution in [0.3, 0.4) is 0 Å². The van der Waals surface area contributed by atoms with Crippen molar-refractivity contribution in [2.24, 2.45) is 0 Å². The Bertz CT molecular complexity index is 1010. The van der Waals surface area contributed by atoms with Gasteiger partial charge in [0.1, 0.15) is 5.69 Å². The van der Waals surface area contributed by atoms with Crippen LogP contribution in [0.1, 0.15) is 18.8 Å². The van der Waals surface area contributed by atoms with Gasteiger partial charge in [0, 0.05) is 12.4 Å². The van der Waals surface area contributed by atoms with Crippen LogP contribution in [-0.2, 0) is 0 Å². The molecule has 0 aliphatic rings. The molecular formula is C16H15N7O. The summed E-state index contributed by atoms with van der Waals surface area (Å²) in [7, 11) is 0. The molecule has 4 rings (SSSR count). The predicted molar refractivity (Wildman–Crippen MR) is 87.8 cm³/mol. The molecule has 3 heterocycles. The highest BCUT2D eigenvalue weighted by atomic mass is 16.1. The average molecular weight is 321 g/mol. The topological polar surface area (TPSA) is 97.2 Å². The number of para-hydroxylation sites is 1. The lowest BCUT2D eigenvalue weighted by atomic mass is 10.2. The molecule has 1 aromatic carbocycles. The zero-order valence-electron chi connectivity index (χ0n) is 12.9. The van der Waals surface area contributed by atoms with Gasteiger partial charge >= 0.3 is 5.69 Å². The number of hydrogen-bond donors (Lipinski definition) is 2. The summed E-state index contributed by atoms with van der Waals surface area (Å²) < 4.78 is 3.78. The lowest BCUT2D eigenvalue weighted by molar-refractivity contribution is 0.605. The Labute approximate surface area is 136 Å². The first kappa shape index (κ1) is 14.2. The van der Waals surface area contributed by atoms with Crippen molar-refractivity contribution in [1.82, 2.24) is 34.5 Å². The molecule has 0 saturated heterocycles. The Morgan fingerprint density at radius 1 is 1.12 bits per heavy atom. The van der Waals surface area contributed by atoms with Crippen molar-refractivity contribution < 1.29 is 0 Å². The van der Waals surface area contributed by atoms with Crippen LogP contribution in [0.2, 0.25) is 0 Å². The fourth-order valence-corrected chi connectivity index (χ4v) is 2.68. The van der Waals surface area contributed by atoms with Crippen molar-refractivity contribution in [2.75, 3.05) is 0 Å². The van der Waals surface area contributed by atoms with E-state index in [1.165, 1.54) is 0 Å². The third-order valence-corrected chi connectivity index (χ3v) is 3.87. The largest absolute Gasteiger partial charge is 0.340 e. The third kappa shape index (κ3) is 2.34. The molecule has 120 valence electrons. The zero-order valence-corrected chi connectivity index (χ0v) is 12.9. The summed E-state index contributed by atoms with van der Waals surface area (Å²) in [6.07, 6.45) is 5.32. The normalized spacial score (nSPS) is 12.4. The molecule has 0 spiro atoms. The van der Waals surface area contributed by atoms with Crippen molar-refractivity contribution >= 4 is 0 Å². The molecular weight excluding hydrogens is 306 g/mol. The molecule has 1 atom stereocenters. The van der Waals surface area contributed by atoms with E-state index in [0.717, 1.165) is 17.2 Å². The lowest BCUT2D eigenvalue weighted by Crippen LogP contribution is -2.12. The van der Waals surface area contributed by atoms with Crippen LogP contribution >= 0.6 is 0 Å². The molecule has 0 aliphatic carbocycles. The van der Waals surface area contributed by atoms with Crippen molar-refractivity contribution in [1.29, 1.82) is 0 Å². The number of benzene rings is 1. The minimum absolute atomic E-state index is 0.180. The number of hydrogen-bond acceptors (Lipinski definition) is 4. The summed E-state index contributed by atoms with van der Waals surface area (Å²) in [5.41, 5.74) is 1.48. The van der Waals surface area contributed by atoms with E-state index in [1.54, 1.807) is 12.4 Å². The maximum absolute atomic E-state index is 11.3. The van der Waals surface area contributed by atoms with Crippen molar-refractivity contribution in [2.45, 2.75) is 13.0 Å². The minimum Gasteiger partial charge on any atom is -0.319 e. The van der Waals surface area contributed by atoms with Crippen LogP contribution in [0, 0.1) is 0 Å². The second-order valence-electron chi connectivity index (χ2n) is 5.36.